The number of nitrogen functional groups attached to an aromatic ring is 1. The highest BCUT2D eigenvalue weighted by molar-refractivity contribution is 6.00. The molecule has 0 aliphatic heterocycles. The Bertz CT molecular complexity index is 570. The summed E-state index contributed by atoms with van der Waals surface area (Å²) in [5.41, 5.74) is 7.86. The standard InChI is InChI=1S/C13H13N3O2/c1-9-8-18-13(15-9)16-12(17)7-4-10-2-5-11(14)6-3-10/h2-8H,14H2,1H3,(H,15,16,17)/b7-4+. The summed E-state index contributed by atoms with van der Waals surface area (Å²) >= 11 is 0. The molecule has 0 atom stereocenters. The van der Waals surface area contributed by atoms with Crippen molar-refractivity contribution in [1.29, 1.82) is 0 Å². The van der Waals surface area contributed by atoms with Gasteiger partial charge >= 0.3 is 6.01 Å². The Kier molecular flexibility index (Phi) is 3.43. The molecule has 0 fully saturated rings. The van der Waals surface area contributed by atoms with E-state index in [0.717, 1.165) is 5.56 Å². The quantitative estimate of drug-likeness (QED) is 0.639. The van der Waals surface area contributed by atoms with Crippen molar-refractivity contribution in [3.8, 4) is 0 Å². The summed E-state index contributed by atoms with van der Waals surface area (Å²) in [7, 11) is 0. The molecule has 92 valence electrons. The fourth-order valence-corrected chi connectivity index (χ4v) is 1.34. The molecule has 5 nitrogen and oxygen atoms in total. The number of hydrogen-bond acceptors (Lipinski definition) is 4. The van der Waals surface area contributed by atoms with E-state index in [-0.39, 0.29) is 11.9 Å². The largest absolute Gasteiger partial charge is 0.432 e. The molecule has 0 spiro atoms. The number of amides is 1. The molecule has 2 aromatic rings. The van der Waals surface area contributed by atoms with E-state index in [1.807, 2.05) is 12.1 Å². The van der Waals surface area contributed by atoms with E-state index in [1.54, 1.807) is 25.1 Å². The average molecular weight is 243 g/mol. The van der Waals surface area contributed by atoms with Crippen LogP contribution in [-0.4, -0.2) is 10.9 Å². The maximum absolute atomic E-state index is 11.5. The van der Waals surface area contributed by atoms with E-state index in [4.69, 9.17) is 10.2 Å². The summed E-state index contributed by atoms with van der Waals surface area (Å²) in [6, 6.07) is 7.40. The third-order valence-electron chi connectivity index (χ3n) is 2.21. The van der Waals surface area contributed by atoms with Crippen LogP contribution < -0.4 is 11.1 Å². The summed E-state index contributed by atoms with van der Waals surface area (Å²) in [4.78, 5) is 15.5. The van der Waals surface area contributed by atoms with Gasteiger partial charge in [-0.25, -0.2) is 0 Å². The van der Waals surface area contributed by atoms with Crippen LogP contribution >= 0.6 is 0 Å². The van der Waals surface area contributed by atoms with E-state index in [1.165, 1.54) is 12.3 Å². The fourth-order valence-electron chi connectivity index (χ4n) is 1.34. The van der Waals surface area contributed by atoms with Gasteiger partial charge in [0.1, 0.15) is 6.26 Å². The second-order valence-corrected chi connectivity index (χ2v) is 3.78. The Morgan fingerprint density at radius 3 is 2.72 bits per heavy atom. The van der Waals surface area contributed by atoms with Crippen molar-refractivity contribution >= 4 is 23.7 Å². The molecule has 0 radical (unpaired) electrons. The van der Waals surface area contributed by atoms with Crippen molar-refractivity contribution in [3.63, 3.8) is 0 Å². The van der Waals surface area contributed by atoms with Crippen LogP contribution in [0.15, 0.2) is 41.0 Å². The van der Waals surface area contributed by atoms with Crippen LogP contribution in [0.2, 0.25) is 0 Å². The number of carbonyl (C=O) groups excluding carboxylic acids is 1. The second kappa shape index (κ2) is 5.18. The normalized spacial score (nSPS) is 10.7. The van der Waals surface area contributed by atoms with Crippen molar-refractivity contribution in [2.45, 2.75) is 6.92 Å². The lowest BCUT2D eigenvalue weighted by Crippen LogP contribution is -2.07. The first-order chi connectivity index (χ1) is 8.63. The van der Waals surface area contributed by atoms with Crippen LogP contribution in [0.5, 0.6) is 0 Å². The molecule has 18 heavy (non-hydrogen) atoms. The predicted molar refractivity (Wildman–Crippen MR) is 69.8 cm³/mol. The fraction of sp³-hybridized carbons (Fsp3) is 0.0769. The number of hydrogen-bond donors (Lipinski definition) is 2. The zero-order valence-corrected chi connectivity index (χ0v) is 9.88. The summed E-state index contributed by atoms with van der Waals surface area (Å²) in [6.45, 7) is 1.78. The summed E-state index contributed by atoms with van der Waals surface area (Å²) in [5, 5.41) is 2.52. The van der Waals surface area contributed by atoms with Crippen molar-refractivity contribution in [2.24, 2.45) is 0 Å². The number of oxazole rings is 1. The zero-order chi connectivity index (χ0) is 13.0. The molecule has 0 aliphatic carbocycles. The molecule has 2 rings (SSSR count). The Balaban J connectivity index is 1.96. The Hall–Kier alpha value is -2.56. The van der Waals surface area contributed by atoms with E-state index in [2.05, 4.69) is 10.3 Å². The van der Waals surface area contributed by atoms with Gasteiger partial charge in [-0.3, -0.25) is 10.1 Å². The first-order valence-electron chi connectivity index (χ1n) is 5.40. The lowest BCUT2D eigenvalue weighted by molar-refractivity contribution is -0.112. The molecule has 0 aliphatic rings. The lowest BCUT2D eigenvalue weighted by atomic mass is 10.2. The first kappa shape index (κ1) is 11.9. The number of benzene rings is 1. The van der Waals surface area contributed by atoms with Crippen molar-refractivity contribution in [3.05, 3.63) is 47.9 Å². The number of aromatic nitrogens is 1. The summed E-state index contributed by atoms with van der Waals surface area (Å²) in [6.07, 6.45) is 4.56. The zero-order valence-electron chi connectivity index (χ0n) is 9.88. The molecular weight excluding hydrogens is 230 g/mol. The minimum Gasteiger partial charge on any atom is -0.432 e. The summed E-state index contributed by atoms with van der Waals surface area (Å²) in [5.74, 6) is -0.298. The van der Waals surface area contributed by atoms with Gasteiger partial charge in [0, 0.05) is 11.8 Å². The highest BCUT2D eigenvalue weighted by Gasteiger charge is 2.02. The Morgan fingerprint density at radius 1 is 1.39 bits per heavy atom. The maximum Gasteiger partial charge on any atom is 0.301 e. The van der Waals surface area contributed by atoms with Gasteiger partial charge in [-0.15, -0.1) is 0 Å². The Morgan fingerprint density at radius 2 is 2.11 bits per heavy atom. The van der Waals surface area contributed by atoms with Gasteiger partial charge in [0.2, 0.25) is 0 Å². The third kappa shape index (κ3) is 3.21. The topological polar surface area (TPSA) is 81.2 Å². The van der Waals surface area contributed by atoms with Crippen LogP contribution in [0.1, 0.15) is 11.3 Å². The molecule has 3 N–H and O–H groups in total. The minimum atomic E-state index is -0.298. The molecule has 0 saturated heterocycles. The van der Waals surface area contributed by atoms with E-state index >= 15 is 0 Å². The SMILES string of the molecule is Cc1coc(NC(=O)/C=C/c2ccc(N)cc2)n1. The highest BCUT2D eigenvalue weighted by atomic mass is 16.4. The number of nitrogens with two attached hydrogens (primary N) is 1. The molecule has 0 bridgehead atoms. The number of rotatable bonds is 3. The van der Waals surface area contributed by atoms with Gasteiger partial charge in [0.15, 0.2) is 0 Å². The van der Waals surface area contributed by atoms with Crippen LogP contribution in [0.3, 0.4) is 0 Å². The Labute approximate surface area is 104 Å². The van der Waals surface area contributed by atoms with Gasteiger partial charge in [-0.1, -0.05) is 12.1 Å². The molecule has 1 heterocycles. The van der Waals surface area contributed by atoms with Gasteiger partial charge in [-0.05, 0) is 30.7 Å². The number of carbonyl (C=O) groups is 1. The molecule has 0 unspecified atom stereocenters. The molecule has 1 amide bonds. The van der Waals surface area contributed by atoms with Gasteiger partial charge in [-0.2, -0.15) is 4.98 Å². The van der Waals surface area contributed by atoms with Crippen LogP contribution in [-0.2, 0) is 4.79 Å². The van der Waals surface area contributed by atoms with Crippen molar-refractivity contribution in [1.82, 2.24) is 4.98 Å². The second-order valence-electron chi connectivity index (χ2n) is 3.78. The number of nitrogens with one attached hydrogen (secondary N) is 1. The van der Waals surface area contributed by atoms with E-state index in [0.29, 0.717) is 11.4 Å². The number of aryl methyl sites for hydroxylation is 1. The monoisotopic (exact) mass is 243 g/mol. The average Bonchev–Trinajstić information content (AvgIpc) is 2.74. The summed E-state index contributed by atoms with van der Waals surface area (Å²) < 4.78 is 5.01. The van der Waals surface area contributed by atoms with Gasteiger partial charge in [0.05, 0.1) is 5.69 Å². The number of anilines is 2. The predicted octanol–water partition coefficient (Wildman–Crippen LogP) is 2.22. The van der Waals surface area contributed by atoms with Crippen LogP contribution in [0.25, 0.3) is 6.08 Å². The third-order valence-corrected chi connectivity index (χ3v) is 2.21. The first-order valence-corrected chi connectivity index (χ1v) is 5.40. The van der Waals surface area contributed by atoms with Crippen molar-refractivity contribution in [2.75, 3.05) is 11.1 Å². The van der Waals surface area contributed by atoms with Gasteiger partial charge in [0.25, 0.3) is 5.91 Å². The van der Waals surface area contributed by atoms with E-state index in [9.17, 15) is 4.79 Å². The lowest BCUT2D eigenvalue weighted by Gasteiger charge is -1.96. The van der Waals surface area contributed by atoms with Crippen LogP contribution in [0.4, 0.5) is 11.7 Å². The minimum absolute atomic E-state index is 0.194. The number of nitrogens with zero attached hydrogens (tertiary/aromatic N) is 1. The smallest absolute Gasteiger partial charge is 0.301 e. The molecule has 5 heteroatoms. The maximum atomic E-state index is 11.5. The highest BCUT2D eigenvalue weighted by Crippen LogP contribution is 2.08. The van der Waals surface area contributed by atoms with Crippen molar-refractivity contribution < 1.29 is 9.21 Å². The molecule has 0 saturated carbocycles. The molecule has 1 aromatic heterocycles. The van der Waals surface area contributed by atoms with Gasteiger partial charge < -0.3 is 10.2 Å². The van der Waals surface area contributed by atoms with E-state index < -0.39 is 0 Å². The molecule has 1 aromatic carbocycles. The molecular formula is C13H13N3O2. The van der Waals surface area contributed by atoms with Crippen LogP contribution in [0, 0.1) is 6.92 Å².